The van der Waals surface area contributed by atoms with Gasteiger partial charge in [-0.2, -0.15) is 0 Å². The Morgan fingerprint density at radius 2 is 1.94 bits per heavy atom. The summed E-state index contributed by atoms with van der Waals surface area (Å²) in [5.74, 6) is -0.409. The van der Waals surface area contributed by atoms with Gasteiger partial charge in [0.05, 0.1) is 0 Å². The number of carbonyl (C=O) groups is 2. The monoisotopic (exact) mass is 272 g/mol. The summed E-state index contributed by atoms with van der Waals surface area (Å²) in [6, 6.07) is 9.26. The number of benzene rings is 1. The molecule has 0 spiro atoms. The topological polar surface area (TPSA) is 43.4 Å². The molecule has 0 amide bonds. The maximum absolute atomic E-state index is 12.8. The Hall–Kier alpha value is -1.42. The second-order valence-electron chi connectivity index (χ2n) is 3.81. The highest BCUT2D eigenvalue weighted by Gasteiger charge is 2.14. The first-order valence-electron chi connectivity index (χ1n) is 5.62. The van der Waals surface area contributed by atoms with Crippen LogP contribution in [0.3, 0.4) is 0 Å². The number of carbonyl (C=O) groups excluding carboxylic acids is 2. The molecule has 0 aliphatic carbocycles. The number of hydrogen-bond donors (Lipinski definition) is 0. The van der Waals surface area contributed by atoms with Crippen molar-refractivity contribution in [2.45, 2.75) is 32.0 Å². The smallest absolute Gasteiger partial charge is 0.306 e. The van der Waals surface area contributed by atoms with Crippen LogP contribution in [0.2, 0.25) is 0 Å². The van der Waals surface area contributed by atoms with Crippen LogP contribution in [-0.4, -0.2) is 17.4 Å². The Morgan fingerprint density at radius 3 is 2.56 bits per heavy atom. The van der Waals surface area contributed by atoms with Crippen LogP contribution >= 0.6 is 11.6 Å². The van der Waals surface area contributed by atoms with Gasteiger partial charge in [0.2, 0.25) is 0 Å². The lowest BCUT2D eigenvalue weighted by atomic mass is 10.2. The molecule has 0 unspecified atom stereocenters. The van der Waals surface area contributed by atoms with Crippen LogP contribution in [0.15, 0.2) is 30.3 Å². The molecule has 1 aromatic rings. The molecule has 0 aromatic heterocycles. The molecule has 1 atom stereocenters. The summed E-state index contributed by atoms with van der Waals surface area (Å²) in [5.41, 5.74) is 0.894. The van der Waals surface area contributed by atoms with Crippen LogP contribution in [0.4, 0.5) is 4.39 Å². The van der Waals surface area contributed by atoms with Crippen LogP contribution in [-0.2, 0) is 20.9 Å². The number of ether oxygens (including phenoxy) is 1. The van der Waals surface area contributed by atoms with Crippen molar-refractivity contribution < 1.29 is 18.7 Å². The maximum Gasteiger partial charge on any atom is 0.306 e. The normalized spacial score (nSPS) is 11.9. The molecule has 0 aliphatic heterocycles. The van der Waals surface area contributed by atoms with Crippen molar-refractivity contribution in [3.8, 4) is 0 Å². The van der Waals surface area contributed by atoms with Gasteiger partial charge in [0.15, 0.2) is 6.17 Å². The van der Waals surface area contributed by atoms with Gasteiger partial charge in [-0.25, -0.2) is 4.39 Å². The van der Waals surface area contributed by atoms with Crippen LogP contribution < -0.4 is 0 Å². The van der Waals surface area contributed by atoms with Gasteiger partial charge in [0.1, 0.15) is 6.61 Å². The molecule has 0 saturated carbocycles. The Bertz CT molecular complexity index is 394. The van der Waals surface area contributed by atoms with Gasteiger partial charge in [-0.15, -0.1) is 0 Å². The predicted molar refractivity (Wildman–Crippen MR) is 65.8 cm³/mol. The van der Waals surface area contributed by atoms with Crippen molar-refractivity contribution in [1.29, 1.82) is 0 Å². The zero-order valence-corrected chi connectivity index (χ0v) is 10.5. The molecule has 5 heteroatoms. The molecule has 0 heterocycles. The highest BCUT2D eigenvalue weighted by molar-refractivity contribution is 6.64. The van der Waals surface area contributed by atoms with E-state index >= 15 is 0 Å². The van der Waals surface area contributed by atoms with Crippen molar-refractivity contribution >= 4 is 22.8 Å². The first-order chi connectivity index (χ1) is 8.59. The fraction of sp³-hybridized carbons (Fsp3) is 0.385. The van der Waals surface area contributed by atoms with E-state index in [1.165, 1.54) is 0 Å². The first-order valence-corrected chi connectivity index (χ1v) is 6.00. The number of alkyl halides is 1. The fourth-order valence-corrected chi connectivity index (χ4v) is 1.46. The summed E-state index contributed by atoms with van der Waals surface area (Å²) in [6.07, 6.45) is -1.43. The molecule has 18 heavy (non-hydrogen) atoms. The highest BCUT2D eigenvalue weighted by atomic mass is 35.5. The Balaban J connectivity index is 2.17. The van der Waals surface area contributed by atoms with E-state index in [4.69, 9.17) is 16.3 Å². The van der Waals surface area contributed by atoms with E-state index < -0.39 is 17.4 Å². The average Bonchev–Trinajstić information content (AvgIpc) is 2.37. The molecule has 0 bridgehead atoms. The third-order valence-corrected chi connectivity index (χ3v) is 2.56. The Kier molecular flexibility index (Phi) is 6.36. The number of hydrogen-bond acceptors (Lipinski definition) is 3. The molecular weight excluding hydrogens is 259 g/mol. The zero-order chi connectivity index (χ0) is 13.4. The minimum atomic E-state index is -1.70. The molecule has 3 nitrogen and oxygen atoms in total. The van der Waals surface area contributed by atoms with Gasteiger partial charge < -0.3 is 4.74 Å². The lowest BCUT2D eigenvalue weighted by Crippen LogP contribution is -2.11. The van der Waals surface area contributed by atoms with E-state index in [9.17, 15) is 14.0 Å². The van der Waals surface area contributed by atoms with Crippen molar-refractivity contribution in [2.75, 3.05) is 0 Å². The standard InChI is InChI=1S/C13H14ClFO3/c14-13(17)11(15)7-4-8-12(16)18-9-10-5-2-1-3-6-10/h1-3,5-6,11H,4,7-9H2/t11-/m0/s1. The quantitative estimate of drug-likeness (QED) is 0.566. The molecule has 1 rings (SSSR count). The van der Waals surface area contributed by atoms with E-state index in [-0.39, 0.29) is 25.9 Å². The molecule has 1 aromatic carbocycles. The minimum absolute atomic E-state index is 0.0528. The van der Waals surface area contributed by atoms with Crippen molar-refractivity contribution in [3.05, 3.63) is 35.9 Å². The molecule has 0 aliphatic rings. The molecule has 0 saturated heterocycles. The first kappa shape index (κ1) is 14.6. The van der Waals surface area contributed by atoms with Crippen LogP contribution in [0.5, 0.6) is 0 Å². The van der Waals surface area contributed by atoms with Crippen LogP contribution in [0.25, 0.3) is 0 Å². The summed E-state index contributed by atoms with van der Waals surface area (Å²) in [6.45, 7) is 0.202. The van der Waals surface area contributed by atoms with Crippen LogP contribution in [0.1, 0.15) is 24.8 Å². The largest absolute Gasteiger partial charge is 0.461 e. The third-order valence-electron chi connectivity index (χ3n) is 2.33. The van der Waals surface area contributed by atoms with Gasteiger partial charge in [-0.1, -0.05) is 30.3 Å². The third kappa shape index (κ3) is 5.77. The van der Waals surface area contributed by atoms with E-state index in [1.807, 2.05) is 30.3 Å². The Morgan fingerprint density at radius 1 is 1.28 bits per heavy atom. The summed E-state index contributed by atoms with van der Waals surface area (Å²) >= 11 is 4.95. The predicted octanol–water partition coefficient (Wildman–Crippen LogP) is 3.00. The lowest BCUT2D eigenvalue weighted by molar-refractivity contribution is -0.145. The zero-order valence-electron chi connectivity index (χ0n) is 9.77. The number of rotatable bonds is 7. The minimum Gasteiger partial charge on any atom is -0.461 e. The van der Waals surface area contributed by atoms with Gasteiger partial charge in [0, 0.05) is 6.42 Å². The van der Waals surface area contributed by atoms with Gasteiger partial charge in [-0.05, 0) is 30.0 Å². The number of esters is 1. The van der Waals surface area contributed by atoms with Crippen LogP contribution in [0, 0.1) is 0 Å². The van der Waals surface area contributed by atoms with Gasteiger partial charge in [-0.3, -0.25) is 9.59 Å². The molecule has 0 fully saturated rings. The van der Waals surface area contributed by atoms with Gasteiger partial charge >= 0.3 is 5.97 Å². The molecule has 0 N–H and O–H groups in total. The summed E-state index contributed by atoms with van der Waals surface area (Å²) < 4.78 is 17.8. The molecular formula is C13H14ClFO3. The summed E-state index contributed by atoms with van der Waals surface area (Å²) in [4.78, 5) is 21.7. The van der Waals surface area contributed by atoms with E-state index in [2.05, 4.69) is 0 Å². The van der Waals surface area contributed by atoms with E-state index in [0.29, 0.717) is 0 Å². The van der Waals surface area contributed by atoms with Crippen molar-refractivity contribution in [1.82, 2.24) is 0 Å². The number of halogens is 2. The highest BCUT2D eigenvalue weighted by Crippen LogP contribution is 2.09. The summed E-state index contributed by atoms with van der Waals surface area (Å²) in [7, 11) is 0. The fourth-order valence-electron chi connectivity index (χ4n) is 1.35. The maximum atomic E-state index is 12.8. The van der Waals surface area contributed by atoms with Gasteiger partial charge in [0.25, 0.3) is 5.24 Å². The SMILES string of the molecule is O=C(CCC[C@H](F)C(=O)Cl)OCc1ccccc1. The molecule has 0 radical (unpaired) electrons. The average molecular weight is 273 g/mol. The summed E-state index contributed by atoms with van der Waals surface area (Å²) in [5, 5.41) is -1.02. The van der Waals surface area contributed by atoms with E-state index in [1.54, 1.807) is 0 Å². The molecule has 98 valence electrons. The lowest BCUT2D eigenvalue weighted by Gasteiger charge is -2.05. The second-order valence-corrected chi connectivity index (χ2v) is 4.18. The van der Waals surface area contributed by atoms with E-state index in [0.717, 1.165) is 5.56 Å². The van der Waals surface area contributed by atoms with Crippen molar-refractivity contribution in [2.24, 2.45) is 0 Å². The van der Waals surface area contributed by atoms with Crippen molar-refractivity contribution in [3.63, 3.8) is 0 Å². The second kappa shape index (κ2) is 7.82. The Labute approximate surface area is 110 Å².